The van der Waals surface area contributed by atoms with Crippen molar-refractivity contribution in [3.05, 3.63) is 22.6 Å². The van der Waals surface area contributed by atoms with Gasteiger partial charge in [-0.25, -0.2) is 0 Å². The third-order valence-electron chi connectivity index (χ3n) is 4.89. The molecule has 0 aliphatic heterocycles. The molecular formula is C17H25NO3. The summed E-state index contributed by atoms with van der Waals surface area (Å²) < 4.78 is 5.84. The smallest absolute Gasteiger partial charge is 0.287 e. The zero-order valence-corrected chi connectivity index (χ0v) is 13.2. The maximum absolute atomic E-state index is 12.4. The van der Waals surface area contributed by atoms with Crippen molar-refractivity contribution in [2.45, 2.75) is 71.4 Å². The first-order valence-electron chi connectivity index (χ1n) is 7.98. The number of aliphatic hydroxyl groups is 1. The highest BCUT2D eigenvalue weighted by atomic mass is 16.4. The van der Waals surface area contributed by atoms with Crippen molar-refractivity contribution in [1.82, 2.24) is 5.32 Å². The van der Waals surface area contributed by atoms with E-state index in [4.69, 9.17) is 4.42 Å². The predicted molar refractivity (Wildman–Crippen MR) is 80.2 cm³/mol. The van der Waals surface area contributed by atoms with Gasteiger partial charge in [0, 0.05) is 23.6 Å². The lowest BCUT2D eigenvalue weighted by molar-refractivity contribution is 0.0875. The summed E-state index contributed by atoms with van der Waals surface area (Å²) in [5.41, 5.74) is 1.66. The Balaban J connectivity index is 1.85. The molecule has 1 aromatic rings. The Bertz CT molecular complexity index is 553. The molecule has 2 N–H and O–H groups in total. The summed E-state index contributed by atoms with van der Waals surface area (Å²) in [5, 5.41) is 13.4. The van der Waals surface area contributed by atoms with Gasteiger partial charge >= 0.3 is 0 Å². The molecule has 0 radical (unpaired) electrons. The number of hydrogen-bond donors (Lipinski definition) is 2. The summed E-state index contributed by atoms with van der Waals surface area (Å²) in [6.45, 7) is 6.12. The van der Waals surface area contributed by atoms with Crippen LogP contribution in [0.3, 0.4) is 0 Å². The van der Waals surface area contributed by atoms with E-state index < -0.39 is 6.10 Å². The fourth-order valence-corrected chi connectivity index (χ4v) is 3.82. The number of aliphatic hydroxyl groups excluding tert-OH is 1. The van der Waals surface area contributed by atoms with Crippen molar-refractivity contribution in [3.8, 4) is 0 Å². The Hall–Kier alpha value is -1.29. The second-order valence-electron chi connectivity index (χ2n) is 7.41. The number of hydrogen-bond acceptors (Lipinski definition) is 3. The number of carbonyl (C=O) groups is 1. The van der Waals surface area contributed by atoms with Gasteiger partial charge in [0.2, 0.25) is 0 Å². The Labute approximate surface area is 125 Å². The van der Waals surface area contributed by atoms with E-state index in [-0.39, 0.29) is 17.4 Å². The average Bonchev–Trinajstić information content (AvgIpc) is 2.95. The first kappa shape index (κ1) is 14.6. The van der Waals surface area contributed by atoms with Gasteiger partial charge in [-0.05, 0) is 31.6 Å². The van der Waals surface area contributed by atoms with Crippen LogP contribution in [0.2, 0.25) is 0 Å². The molecule has 21 heavy (non-hydrogen) atoms. The van der Waals surface area contributed by atoms with Crippen LogP contribution >= 0.6 is 0 Å². The highest BCUT2D eigenvalue weighted by Crippen LogP contribution is 2.43. The zero-order valence-electron chi connectivity index (χ0n) is 13.2. The fourth-order valence-electron chi connectivity index (χ4n) is 3.82. The zero-order chi connectivity index (χ0) is 15.2. The van der Waals surface area contributed by atoms with Crippen molar-refractivity contribution >= 4 is 5.91 Å². The lowest BCUT2D eigenvalue weighted by atomic mass is 9.75. The molecule has 4 heteroatoms. The van der Waals surface area contributed by atoms with Gasteiger partial charge in [0.15, 0.2) is 5.76 Å². The number of amides is 1. The summed E-state index contributed by atoms with van der Waals surface area (Å²) in [6.07, 6.45) is 5.44. The first-order chi connectivity index (χ1) is 9.87. The van der Waals surface area contributed by atoms with Crippen LogP contribution in [0.4, 0.5) is 0 Å². The molecule has 1 aromatic heterocycles. The van der Waals surface area contributed by atoms with Gasteiger partial charge in [-0.3, -0.25) is 4.79 Å². The van der Waals surface area contributed by atoms with E-state index in [2.05, 4.69) is 19.2 Å². The molecule has 3 rings (SSSR count). The Morgan fingerprint density at radius 2 is 2.00 bits per heavy atom. The van der Waals surface area contributed by atoms with Crippen LogP contribution in [0.25, 0.3) is 0 Å². The molecule has 0 unspecified atom stereocenters. The minimum atomic E-state index is -0.527. The lowest BCUT2D eigenvalue weighted by Gasteiger charge is -2.31. The Morgan fingerprint density at radius 1 is 1.33 bits per heavy atom. The molecule has 0 aromatic carbocycles. The molecule has 1 amide bonds. The molecule has 0 saturated heterocycles. The number of nitrogens with one attached hydrogen (secondary N) is 1. The standard InChI is InChI=1S/C17H25NO3/c1-10-14-12(19)8-17(2,3)9-13(14)21-15(10)16(20)18-11-6-4-5-7-11/h11-12,19H,4-9H2,1-3H3,(H,18,20)/t12-/m0/s1. The van der Waals surface area contributed by atoms with E-state index in [1.165, 1.54) is 12.8 Å². The molecule has 2 aliphatic carbocycles. The van der Waals surface area contributed by atoms with Crippen LogP contribution in [0.1, 0.15) is 79.5 Å². The number of carbonyl (C=O) groups excluding carboxylic acids is 1. The average molecular weight is 291 g/mol. The topological polar surface area (TPSA) is 62.5 Å². The van der Waals surface area contributed by atoms with Gasteiger partial charge in [-0.2, -0.15) is 0 Å². The van der Waals surface area contributed by atoms with E-state index in [0.717, 1.165) is 36.1 Å². The predicted octanol–water partition coefficient (Wildman–Crippen LogP) is 3.27. The molecule has 1 atom stereocenters. The second kappa shape index (κ2) is 5.16. The van der Waals surface area contributed by atoms with E-state index in [1.54, 1.807) is 0 Å². The van der Waals surface area contributed by atoms with Crippen molar-refractivity contribution in [2.24, 2.45) is 5.41 Å². The SMILES string of the molecule is Cc1c(C(=O)NC2CCCC2)oc2c1[C@@H](O)CC(C)(C)C2. The minimum absolute atomic E-state index is 0.00983. The molecule has 116 valence electrons. The molecule has 0 bridgehead atoms. The molecule has 1 heterocycles. The van der Waals surface area contributed by atoms with Crippen LogP contribution in [0.5, 0.6) is 0 Å². The maximum atomic E-state index is 12.4. The van der Waals surface area contributed by atoms with Gasteiger partial charge in [0.1, 0.15) is 5.76 Å². The summed E-state index contributed by atoms with van der Waals surface area (Å²) in [4.78, 5) is 12.4. The second-order valence-corrected chi connectivity index (χ2v) is 7.41. The monoisotopic (exact) mass is 291 g/mol. The first-order valence-corrected chi connectivity index (χ1v) is 7.98. The highest BCUT2D eigenvalue weighted by Gasteiger charge is 2.37. The Morgan fingerprint density at radius 3 is 2.67 bits per heavy atom. The minimum Gasteiger partial charge on any atom is -0.455 e. The number of fused-ring (bicyclic) bond motifs is 1. The van der Waals surface area contributed by atoms with E-state index in [0.29, 0.717) is 12.2 Å². The summed E-state index contributed by atoms with van der Waals surface area (Å²) in [6, 6.07) is 0.278. The van der Waals surface area contributed by atoms with E-state index in [1.807, 2.05) is 6.92 Å². The summed E-state index contributed by atoms with van der Waals surface area (Å²) >= 11 is 0. The van der Waals surface area contributed by atoms with Gasteiger partial charge in [0.25, 0.3) is 5.91 Å². The number of rotatable bonds is 2. The third-order valence-corrected chi connectivity index (χ3v) is 4.89. The Kier molecular flexibility index (Phi) is 3.60. The summed E-state index contributed by atoms with van der Waals surface area (Å²) in [7, 11) is 0. The van der Waals surface area contributed by atoms with Gasteiger partial charge in [-0.1, -0.05) is 26.7 Å². The number of furan rings is 1. The normalized spacial score (nSPS) is 24.9. The van der Waals surface area contributed by atoms with Gasteiger partial charge in [0.05, 0.1) is 6.10 Å². The molecule has 2 aliphatic rings. The van der Waals surface area contributed by atoms with Gasteiger partial charge < -0.3 is 14.8 Å². The van der Waals surface area contributed by atoms with Crippen LogP contribution < -0.4 is 5.32 Å². The van der Waals surface area contributed by atoms with Crippen LogP contribution in [0.15, 0.2) is 4.42 Å². The lowest BCUT2D eigenvalue weighted by Crippen LogP contribution is -2.32. The van der Waals surface area contributed by atoms with E-state index in [9.17, 15) is 9.90 Å². The van der Waals surface area contributed by atoms with Crippen LogP contribution in [0, 0.1) is 12.3 Å². The van der Waals surface area contributed by atoms with Gasteiger partial charge in [-0.15, -0.1) is 0 Å². The largest absolute Gasteiger partial charge is 0.455 e. The van der Waals surface area contributed by atoms with Crippen molar-refractivity contribution < 1.29 is 14.3 Å². The van der Waals surface area contributed by atoms with Crippen LogP contribution in [-0.4, -0.2) is 17.1 Å². The van der Waals surface area contributed by atoms with Crippen molar-refractivity contribution in [1.29, 1.82) is 0 Å². The fraction of sp³-hybridized carbons (Fsp3) is 0.706. The molecule has 1 fully saturated rings. The third kappa shape index (κ3) is 2.73. The summed E-state index contributed by atoms with van der Waals surface area (Å²) in [5.74, 6) is 1.05. The van der Waals surface area contributed by atoms with Crippen molar-refractivity contribution in [3.63, 3.8) is 0 Å². The quantitative estimate of drug-likeness (QED) is 0.879. The van der Waals surface area contributed by atoms with Crippen LogP contribution in [-0.2, 0) is 6.42 Å². The molecule has 1 saturated carbocycles. The van der Waals surface area contributed by atoms with E-state index >= 15 is 0 Å². The maximum Gasteiger partial charge on any atom is 0.287 e. The van der Waals surface area contributed by atoms with Crippen molar-refractivity contribution in [2.75, 3.05) is 0 Å². The molecule has 0 spiro atoms. The highest BCUT2D eigenvalue weighted by molar-refractivity contribution is 5.93. The molecule has 4 nitrogen and oxygen atoms in total. The molecular weight excluding hydrogens is 266 g/mol.